The smallest absolute Gasteiger partial charge is 0.271 e. The lowest BCUT2D eigenvalue weighted by atomic mass is 10.2. The fraction of sp³-hybridized carbons (Fsp3) is 0.636. The molecule has 1 amide bonds. The second-order valence-corrected chi connectivity index (χ2v) is 7.92. The van der Waals surface area contributed by atoms with Crippen molar-refractivity contribution in [3.8, 4) is 0 Å². The Morgan fingerprint density at radius 2 is 2.28 bits per heavy atom. The molecule has 1 atom stereocenters. The molecule has 1 fully saturated rings. The Labute approximate surface area is 111 Å². The maximum Gasteiger partial charge on any atom is 0.271 e. The zero-order valence-electron chi connectivity index (χ0n) is 10.3. The van der Waals surface area contributed by atoms with E-state index in [1.165, 1.54) is 11.3 Å². The van der Waals surface area contributed by atoms with Crippen LogP contribution in [0.15, 0.2) is 5.38 Å². The topological polar surface area (TPSA) is 76.1 Å². The van der Waals surface area contributed by atoms with Gasteiger partial charge in [-0.2, -0.15) is 0 Å². The molecule has 7 heteroatoms. The number of nitrogens with zero attached hydrogens (tertiary/aromatic N) is 1. The molecule has 2 rings (SSSR count). The first-order valence-corrected chi connectivity index (χ1v) is 8.54. The van der Waals surface area contributed by atoms with Crippen LogP contribution in [0.4, 0.5) is 0 Å². The maximum atomic E-state index is 11.9. The van der Waals surface area contributed by atoms with Crippen molar-refractivity contribution in [2.45, 2.75) is 32.2 Å². The molecule has 0 radical (unpaired) electrons. The molecule has 1 aliphatic heterocycles. The van der Waals surface area contributed by atoms with E-state index in [1.54, 1.807) is 5.38 Å². The van der Waals surface area contributed by atoms with Crippen molar-refractivity contribution >= 4 is 27.1 Å². The van der Waals surface area contributed by atoms with Gasteiger partial charge in [0.25, 0.3) is 5.91 Å². The number of hydrogen-bond acceptors (Lipinski definition) is 5. The minimum atomic E-state index is -2.96. The molecule has 0 bridgehead atoms. The van der Waals surface area contributed by atoms with Gasteiger partial charge in [0.15, 0.2) is 9.84 Å². The quantitative estimate of drug-likeness (QED) is 0.906. The summed E-state index contributed by atoms with van der Waals surface area (Å²) in [5, 5.41) is 5.36. The van der Waals surface area contributed by atoms with E-state index in [9.17, 15) is 13.2 Å². The van der Waals surface area contributed by atoms with Crippen LogP contribution in [-0.4, -0.2) is 36.9 Å². The summed E-state index contributed by atoms with van der Waals surface area (Å²) in [6, 6.07) is -0.272. The van der Waals surface area contributed by atoms with Gasteiger partial charge in [-0.15, -0.1) is 11.3 Å². The molecular formula is C11H16N2O3S2. The normalized spacial score (nSPS) is 22.3. The number of rotatable bonds is 3. The third kappa shape index (κ3) is 3.08. The molecule has 1 aromatic rings. The highest BCUT2D eigenvalue weighted by molar-refractivity contribution is 7.91. The van der Waals surface area contributed by atoms with E-state index in [0.29, 0.717) is 18.0 Å². The minimum Gasteiger partial charge on any atom is -0.347 e. The molecule has 18 heavy (non-hydrogen) atoms. The van der Waals surface area contributed by atoms with E-state index in [1.807, 2.05) is 13.8 Å². The van der Waals surface area contributed by atoms with Gasteiger partial charge < -0.3 is 5.32 Å². The van der Waals surface area contributed by atoms with Gasteiger partial charge in [0.2, 0.25) is 0 Å². The first kappa shape index (κ1) is 13.5. The van der Waals surface area contributed by atoms with Crippen molar-refractivity contribution < 1.29 is 13.2 Å². The Morgan fingerprint density at radius 1 is 1.56 bits per heavy atom. The van der Waals surface area contributed by atoms with Gasteiger partial charge in [-0.1, -0.05) is 13.8 Å². The molecule has 0 aromatic carbocycles. The molecular weight excluding hydrogens is 272 g/mol. The maximum absolute atomic E-state index is 11.9. The Balaban J connectivity index is 2.00. The van der Waals surface area contributed by atoms with Crippen LogP contribution in [0.25, 0.3) is 0 Å². The second-order valence-electron chi connectivity index (χ2n) is 4.80. The van der Waals surface area contributed by atoms with Crippen LogP contribution in [0.2, 0.25) is 0 Å². The van der Waals surface area contributed by atoms with Crippen molar-refractivity contribution in [3.63, 3.8) is 0 Å². The molecule has 5 nitrogen and oxygen atoms in total. The summed E-state index contributed by atoms with van der Waals surface area (Å²) in [5.41, 5.74) is 0.382. The summed E-state index contributed by atoms with van der Waals surface area (Å²) >= 11 is 1.45. The minimum absolute atomic E-state index is 0.0416. The number of aromatic nitrogens is 1. The Hall–Kier alpha value is -0.950. The highest BCUT2D eigenvalue weighted by atomic mass is 32.2. The Morgan fingerprint density at radius 3 is 2.78 bits per heavy atom. The van der Waals surface area contributed by atoms with Gasteiger partial charge >= 0.3 is 0 Å². The highest BCUT2D eigenvalue weighted by Gasteiger charge is 2.29. The molecule has 100 valence electrons. The van der Waals surface area contributed by atoms with Crippen LogP contribution >= 0.6 is 11.3 Å². The van der Waals surface area contributed by atoms with Crippen molar-refractivity contribution in [3.05, 3.63) is 16.1 Å². The fourth-order valence-corrected chi connectivity index (χ4v) is 4.31. The standard InChI is InChI=1S/C11H16N2O3S2/c1-7(2)11-13-9(5-17-11)10(14)12-8-3-4-18(15,16)6-8/h5,7-8H,3-4,6H2,1-2H3,(H,12,14). The van der Waals surface area contributed by atoms with Crippen LogP contribution in [0.3, 0.4) is 0 Å². The molecule has 0 aliphatic carbocycles. The lowest BCUT2D eigenvalue weighted by Crippen LogP contribution is -2.35. The first-order valence-electron chi connectivity index (χ1n) is 5.84. The number of nitrogens with one attached hydrogen (secondary N) is 1. The number of hydrogen-bond donors (Lipinski definition) is 1. The van der Waals surface area contributed by atoms with E-state index in [4.69, 9.17) is 0 Å². The van der Waals surface area contributed by atoms with E-state index in [-0.39, 0.29) is 23.5 Å². The largest absolute Gasteiger partial charge is 0.347 e. The van der Waals surface area contributed by atoms with Crippen LogP contribution in [0, 0.1) is 0 Å². The van der Waals surface area contributed by atoms with Crippen molar-refractivity contribution in [1.29, 1.82) is 0 Å². The number of sulfone groups is 1. The van der Waals surface area contributed by atoms with Gasteiger partial charge in [-0.05, 0) is 6.42 Å². The molecule has 0 saturated carbocycles. The average Bonchev–Trinajstić information content (AvgIpc) is 2.85. The summed E-state index contributed by atoms with van der Waals surface area (Å²) in [4.78, 5) is 16.1. The van der Waals surface area contributed by atoms with E-state index >= 15 is 0 Å². The first-order chi connectivity index (χ1) is 8.37. The van der Waals surface area contributed by atoms with E-state index in [2.05, 4.69) is 10.3 Å². The van der Waals surface area contributed by atoms with Crippen LogP contribution in [0.5, 0.6) is 0 Å². The second kappa shape index (κ2) is 4.97. The van der Waals surface area contributed by atoms with Crippen molar-refractivity contribution in [2.75, 3.05) is 11.5 Å². The molecule has 2 heterocycles. The number of amides is 1. The lowest BCUT2D eigenvalue weighted by Gasteiger charge is -2.08. The molecule has 1 saturated heterocycles. The van der Waals surface area contributed by atoms with E-state index < -0.39 is 9.84 Å². The Bertz CT molecular complexity index is 548. The summed E-state index contributed by atoms with van der Waals surface area (Å²) in [6.07, 6.45) is 0.495. The van der Waals surface area contributed by atoms with Crippen LogP contribution < -0.4 is 5.32 Å². The van der Waals surface area contributed by atoms with Gasteiger partial charge in [-0.25, -0.2) is 13.4 Å². The van der Waals surface area contributed by atoms with Crippen molar-refractivity contribution in [2.24, 2.45) is 0 Å². The van der Waals surface area contributed by atoms with E-state index in [0.717, 1.165) is 5.01 Å². The number of thiazole rings is 1. The molecule has 0 spiro atoms. The van der Waals surface area contributed by atoms with Gasteiger partial charge in [0.05, 0.1) is 16.5 Å². The number of carbonyl (C=O) groups excluding carboxylic acids is 1. The molecule has 1 aliphatic rings. The zero-order chi connectivity index (χ0) is 13.3. The average molecular weight is 288 g/mol. The lowest BCUT2D eigenvalue weighted by molar-refractivity contribution is 0.0936. The third-order valence-corrected chi connectivity index (χ3v) is 5.73. The van der Waals surface area contributed by atoms with Crippen LogP contribution in [-0.2, 0) is 9.84 Å². The van der Waals surface area contributed by atoms with Crippen LogP contribution in [0.1, 0.15) is 41.7 Å². The predicted octanol–water partition coefficient (Wildman–Crippen LogP) is 1.18. The van der Waals surface area contributed by atoms with Gasteiger partial charge in [0, 0.05) is 17.3 Å². The molecule has 1 unspecified atom stereocenters. The predicted molar refractivity (Wildman–Crippen MR) is 70.7 cm³/mol. The monoisotopic (exact) mass is 288 g/mol. The SMILES string of the molecule is CC(C)c1nc(C(=O)NC2CCS(=O)(=O)C2)cs1. The van der Waals surface area contributed by atoms with Gasteiger partial charge in [-0.3, -0.25) is 4.79 Å². The van der Waals surface area contributed by atoms with Gasteiger partial charge in [0.1, 0.15) is 5.69 Å². The number of carbonyl (C=O) groups is 1. The third-order valence-electron chi connectivity index (χ3n) is 2.82. The summed E-state index contributed by atoms with van der Waals surface area (Å²) in [7, 11) is -2.96. The summed E-state index contributed by atoms with van der Waals surface area (Å²) in [5.74, 6) is 0.218. The molecule has 1 aromatic heterocycles. The van der Waals surface area contributed by atoms with Crippen molar-refractivity contribution in [1.82, 2.24) is 10.3 Å². The fourth-order valence-electron chi connectivity index (χ4n) is 1.83. The summed E-state index contributed by atoms with van der Waals surface area (Å²) < 4.78 is 22.6. The Kier molecular flexibility index (Phi) is 3.72. The zero-order valence-corrected chi connectivity index (χ0v) is 12.0. The summed E-state index contributed by atoms with van der Waals surface area (Å²) in [6.45, 7) is 4.04. The molecule has 1 N–H and O–H groups in total. The highest BCUT2D eigenvalue weighted by Crippen LogP contribution is 2.19.